The van der Waals surface area contributed by atoms with Gasteiger partial charge >= 0.3 is 35.8 Å². The topological polar surface area (TPSA) is 237 Å². The Morgan fingerprint density at radius 2 is 0.620 bits per heavy atom. The van der Waals surface area contributed by atoms with E-state index < -0.39 is 122 Å². The standard InChI is InChI=1S/C34H52N4O12/c39-27(40)15-35-21-9-1-2-10-22(21)36(16-28(41)42)26-14-6-8-20(34(49)50)32(26)38(18-30(45)46)24-12-4-3-11-23(24)37(17-29(43)44)31-19(33(47)48)7-5-13-25(31)35/h19-26,31-32H,1-18H2,(H,39,40)(H,41,42)(H,43,44)(H,45,46)(H,47,48)(H,49,50). The third-order valence-corrected chi connectivity index (χ3v) is 12.3. The van der Waals surface area contributed by atoms with Gasteiger partial charge in [-0.15, -0.1) is 0 Å². The summed E-state index contributed by atoms with van der Waals surface area (Å²) in [4.78, 5) is 83.8. The lowest BCUT2D eigenvalue weighted by atomic mass is 9.73. The van der Waals surface area contributed by atoms with E-state index in [0.717, 1.165) is 0 Å². The minimum absolute atomic E-state index is 0.245. The Kier molecular flexibility index (Phi) is 12.4. The van der Waals surface area contributed by atoms with E-state index in [4.69, 9.17) is 0 Å². The van der Waals surface area contributed by atoms with Crippen LogP contribution in [0.2, 0.25) is 0 Å². The molecule has 6 N–H and O–H groups in total. The fraction of sp³-hybridized carbons (Fsp3) is 0.824. The Morgan fingerprint density at radius 3 is 0.900 bits per heavy atom. The predicted octanol–water partition coefficient (Wildman–Crippen LogP) is 1.41. The molecule has 16 nitrogen and oxygen atoms in total. The molecule has 10 unspecified atom stereocenters. The van der Waals surface area contributed by atoms with E-state index in [2.05, 4.69) is 0 Å². The molecule has 50 heavy (non-hydrogen) atoms. The van der Waals surface area contributed by atoms with Crippen molar-refractivity contribution in [3.63, 3.8) is 0 Å². The number of nitrogens with zero attached hydrogens (tertiary/aromatic N) is 4. The van der Waals surface area contributed by atoms with Crippen molar-refractivity contribution >= 4 is 35.8 Å². The van der Waals surface area contributed by atoms with Crippen LogP contribution in [0.4, 0.5) is 0 Å². The quantitative estimate of drug-likeness (QED) is 0.188. The third kappa shape index (κ3) is 8.08. The van der Waals surface area contributed by atoms with Gasteiger partial charge in [0.25, 0.3) is 0 Å². The molecular weight excluding hydrogens is 656 g/mol. The first kappa shape index (κ1) is 37.9. The molecule has 5 fully saturated rings. The number of rotatable bonds is 10. The van der Waals surface area contributed by atoms with Crippen LogP contribution in [0, 0.1) is 11.8 Å². The van der Waals surface area contributed by atoms with Crippen molar-refractivity contribution in [2.45, 2.75) is 138 Å². The highest BCUT2D eigenvalue weighted by Crippen LogP contribution is 2.44. The summed E-state index contributed by atoms with van der Waals surface area (Å²) in [6.45, 7) is -2.02. The van der Waals surface area contributed by atoms with E-state index in [0.29, 0.717) is 77.0 Å². The molecule has 0 bridgehead atoms. The lowest BCUT2D eigenvalue weighted by Crippen LogP contribution is -2.73. The van der Waals surface area contributed by atoms with Gasteiger partial charge in [-0.3, -0.25) is 48.4 Å². The second-order valence-corrected chi connectivity index (χ2v) is 15.0. The molecule has 0 aromatic heterocycles. The largest absolute Gasteiger partial charge is 0.481 e. The first-order valence-electron chi connectivity index (χ1n) is 18.2. The fourth-order valence-corrected chi connectivity index (χ4v) is 10.7. The smallest absolute Gasteiger partial charge is 0.317 e. The van der Waals surface area contributed by atoms with Crippen LogP contribution >= 0.6 is 0 Å². The van der Waals surface area contributed by atoms with Gasteiger partial charge in [-0.2, -0.15) is 0 Å². The molecule has 16 heteroatoms. The Labute approximate surface area is 291 Å². The van der Waals surface area contributed by atoms with Gasteiger partial charge in [0.05, 0.1) is 38.0 Å². The molecule has 0 spiro atoms. The Morgan fingerprint density at radius 1 is 0.360 bits per heavy atom. The highest BCUT2D eigenvalue weighted by molar-refractivity contribution is 5.74. The van der Waals surface area contributed by atoms with Gasteiger partial charge < -0.3 is 30.6 Å². The monoisotopic (exact) mass is 708 g/mol. The molecule has 1 heterocycles. The molecule has 1 saturated heterocycles. The number of fused-ring (bicyclic) bond motifs is 4. The van der Waals surface area contributed by atoms with Crippen molar-refractivity contribution in [2.75, 3.05) is 26.2 Å². The van der Waals surface area contributed by atoms with Crippen LogP contribution in [-0.2, 0) is 28.8 Å². The van der Waals surface area contributed by atoms with Crippen LogP contribution in [0.25, 0.3) is 0 Å². The molecule has 5 rings (SSSR count). The van der Waals surface area contributed by atoms with Gasteiger partial charge in [-0.1, -0.05) is 38.5 Å². The van der Waals surface area contributed by atoms with Gasteiger partial charge in [0.2, 0.25) is 0 Å². The summed E-state index contributed by atoms with van der Waals surface area (Å²) in [5.41, 5.74) is 0. The van der Waals surface area contributed by atoms with Crippen molar-refractivity contribution in [3.8, 4) is 0 Å². The fourth-order valence-electron chi connectivity index (χ4n) is 10.7. The minimum atomic E-state index is -1.20. The van der Waals surface area contributed by atoms with Gasteiger partial charge in [-0.25, -0.2) is 0 Å². The average Bonchev–Trinajstić information content (AvgIpc) is 3.06. The molecule has 4 saturated carbocycles. The Bertz CT molecular complexity index is 1200. The van der Waals surface area contributed by atoms with E-state index in [-0.39, 0.29) is 12.8 Å². The summed E-state index contributed by atoms with van der Waals surface area (Å²) in [6, 6.07) is -5.72. The number of carboxylic acids is 6. The minimum Gasteiger partial charge on any atom is -0.481 e. The Hall–Kier alpha value is -3.34. The van der Waals surface area contributed by atoms with E-state index in [1.807, 2.05) is 9.80 Å². The Balaban J connectivity index is 1.82. The summed E-state index contributed by atoms with van der Waals surface area (Å²) in [5, 5.41) is 62.6. The van der Waals surface area contributed by atoms with Crippen LogP contribution in [0.3, 0.4) is 0 Å². The number of hydrogen-bond acceptors (Lipinski definition) is 10. The number of aliphatic carboxylic acids is 6. The summed E-state index contributed by atoms with van der Waals surface area (Å²) in [5.74, 6) is -9.04. The van der Waals surface area contributed by atoms with Crippen LogP contribution < -0.4 is 0 Å². The molecule has 0 aromatic carbocycles. The maximum atomic E-state index is 13.0. The molecule has 0 aromatic rings. The second-order valence-electron chi connectivity index (χ2n) is 15.0. The van der Waals surface area contributed by atoms with Gasteiger partial charge in [0.15, 0.2) is 0 Å². The first-order valence-corrected chi connectivity index (χ1v) is 18.2. The predicted molar refractivity (Wildman–Crippen MR) is 175 cm³/mol. The van der Waals surface area contributed by atoms with Crippen molar-refractivity contribution < 1.29 is 59.4 Å². The van der Waals surface area contributed by atoms with Gasteiger partial charge in [0.1, 0.15) is 0 Å². The second kappa shape index (κ2) is 16.3. The van der Waals surface area contributed by atoms with Crippen molar-refractivity contribution in [2.24, 2.45) is 11.8 Å². The summed E-state index contributed by atoms with van der Waals surface area (Å²) < 4.78 is 0. The molecule has 5 aliphatic rings. The van der Waals surface area contributed by atoms with Crippen molar-refractivity contribution in [1.29, 1.82) is 0 Å². The highest BCUT2D eigenvalue weighted by Gasteiger charge is 2.55. The van der Waals surface area contributed by atoms with Crippen molar-refractivity contribution in [1.82, 2.24) is 19.6 Å². The zero-order valence-electron chi connectivity index (χ0n) is 28.4. The zero-order chi connectivity index (χ0) is 36.3. The summed E-state index contributed by atoms with van der Waals surface area (Å²) in [7, 11) is 0. The summed E-state index contributed by atoms with van der Waals surface area (Å²) >= 11 is 0. The number of carbonyl (C=O) groups is 6. The normalized spacial score (nSPS) is 36.2. The van der Waals surface area contributed by atoms with E-state index >= 15 is 0 Å². The van der Waals surface area contributed by atoms with Crippen molar-refractivity contribution in [3.05, 3.63) is 0 Å². The van der Waals surface area contributed by atoms with E-state index in [1.54, 1.807) is 9.80 Å². The lowest BCUT2D eigenvalue weighted by molar-refractivity contribution is -0.167. The molecule has 0 amide bonds. The van der Waals surface area contributed by atoms with Gasteiger partial charge in [0, 0.05) is 48.3 Å². The molecule has 4 aliphatic carbocycles. The van der Waals surface area contributed by atoms with Crippen LogP contribution in [0.1, 0.15) is 89.9 Å². The average molecular weight is 709 g/mol. The maximum Gasteiger partial charge on any atom is 0.317 e. The van der Waals surface area contributed by atoms with Crippen LogP contribution in [0.15, 0.2) is 0 Å². The highest BCUT2D eigenvalue weighted by atomic mass is 16.4. The number of hydrogen-bond donors (Lipinski definition) is 6. The number of carboxylic acid groups (broad SMARTS) is 6. The van der Waals surface area contributed by atoms with Gasteiger partial charge in [-0.05, 0) is 51.4 Å². The molecule has 280 valence electrons. The first-order chi connectivity index (χ1) is 23.8. The molecular formula is C34H52N4O12. The van der Waals surface area contributed by atoms with E-state index in [9.17, 15) is 59.4 Å². The summed E-state index contributed by atoms with van der Waals surface area (Å²) in [6.07, 6.45) is 6.73. The molecule has 1 aliphatic heterocycles. The third-order valence-electron chi connectivity index (χ3n) is 12.3. The van der Waals surface area contributed by atoms with Crippen LogP contribution in [0.5, 0.6) is 0 Å². The molecule has 0 radical (unpaired) electrons. The zero-order valence-corrected chi connectivity index (χ0v) is 28.4. The maximum absolute atomic E-state index is 13.0. The van der Waals surface area contributed by atoms with E-state index in [1.165, 1.54) is 0 Å². The SMILES string of the molecule is O=C(O)CN1C2CCCCC2N(CC(=O)O)C2CCCC(C(=O)O)C2N(CC(=O)O)C2CCCCC2N(CC(=O)O)C2C(C(=O)O)CCCC21. The van der Waals surface area contributed by atoms with Crippen LogP contribution in [-0.4, -0.2) is 161 Å². The lowest BCUT2D eigenvalue weighted by Gasteiger charge is -2.59. The molecule has 10 atom stereocenters.